The fourth-order valence-corrected chi connectivity index (χ4v) is 2.81. The Labute approximate surface area is 136 Å². The van der Waals surface area contributed by atoms with Crippen molar-refractivity contribution in [2.45, 2.75) is 6.61 Å². The number of esters is 1. The van der Waals surface area contributed by atoms with Gasteiger partial charge in [-0.2, -0.15) is 0 Å². The van der Waals surface area contributed by atoms with E-state index in [9.17, 15) is 9.59 Å². The first kappa shape index (κ1) is 13.7. The molecule has 23 heavy (non-hydrogen) atoms. The van der Waals surface area contributed by atoms with E-state index in [1.54, 1.807) is 12.1 Å². The summed E-state index contributed by atoms with van der Waals surface area (Å²) < 4.78 is 5.01. The minimum Gasteiger partial charge on any atom is -0.457 e. The molecule has 114 valence electrons. The van der Waals surface area contributed by atoms with Crippen molar-refractivity contribution >= 4 is 35.3 Å². The minimum absolute atomic E-state index is 0.251. The van der Waals surface area contributed by atoms with Gasteiger partial charge in [0.1, 0.15) is 12.3 Å². The molecule has 1 amide bonds. The maximum Gasteiger partial charge on any atom is 0.338 e. The van der Waals surface area contributed by atoms with Crippen molar-refractivity contribution in [3.63, 3.8) is 0 Å². The zero-order valence-electron chi connectivity index (χ0n) is 11.8. The highest BCUT2D eigenvalue weighted by Gasteiger charge is 2.22. The summed E-state index contributed by atoms with van der Waals surface area (Å²) in [6.45, 7) is 0.307. The second-order valence-electron chi connectivity index (χ2n) is 5.24. The predicted molar refractivity (Wildman–Crippen MR) is 87.2 cm³/mol. The van der Waals surface area contributed by atoms with Crippen LogP contribution in [0, 0.1) is 0 Å². The highest BCUT2D eigenvalue weighted by Crippen LogP contribution is 2.27. The molecule has 0 saturated carbocycles. The summed E-state index contributed by atoms with van der Waals surface area (Å²) in [5, 5.41) is 5.61. The molecule has 0 unspecified atom stereocenters. The number of nitrogens with one attached hydrogen (secondary N) is 3. The number of amides is 1. The van der Waals surface area contributed by atoms with Crippen molar-refractivity contribution in [2.75, 3.05) is 0 Å². The van der Waals surface area contributed by atoms with Gasteiger partial charge in [0.05, 0.1) is 5.56 Å². The average molecular weight is 325 g/mol. The van der Waals surface area contributed by atoms with Gasteiger partial charge in [-0.1, -0.05) is 6.07 Å². The molecule has 0 spiro atoms. The van der Waals surface area contributed by atoms with Crippen LogP contribution < -0.4 is 10.6 Å². The van der Waals surface area contributed by atoms with Crippen molar-refractivity contribution < 1.29 is 14.3 Å². The van der Waals surface area contributed by atoms with Crippen LogP contribution in [0.5, 0.6) is 0 Å². The van der Waals surface area contributed by atoms with Gasteiger partial charge in [-0.05, 0) is 48.1 Å². The maximum atomic E-state index is 11.6. The first-order valence-corrected chi connectivity index (χ1v) is 7.34. The molecule has 1 fully saturated rings. The van der Waals surface area contributed by atoms with E-state index >= 15 is 0 Å². The Hall–Kier alpha value is -2.93. The number of carbonyl (C=O) groups excluding carboxylic acids is 2. The van der Waals surface area contributed by atoms with Crippen LogP contribution in [-0.2, 0) is 16.1 Å². The van der Waals surface area contributed by atoms with Crippen molar-refractivity contribution in [1.82, 2.24) is 15.6 Å². The normalized spacial score (nSPS) is 17.9. The number of hydrogen-bond acceptors (Lipinski definition) is 4. The summed E-state index contributed by atoms with van der Waals surface area (Å²) in [4.78, 5) is 26.3. The molecular weight excluding hydrogens is 314 g/mol. The number of cyclic esters (lactones) is 1. The zero-order valence-corrected chi connectivity index (χ0v) is 12.6. The van der Waals surface area contributed by atoms with E-state index in [4.69, 9.17) is 17.0 Å². The van der Waals surface area contributed by atoms with E-state index in [1.165, 1.54) is 0 Å². The summed E-state index contributed by atoms with van der Waals surface area (Å²) in [5.74, 6) is -0.530. The van der Waals surface area contributed by atoms with Crippen LogP contribution in [0.2, 0.25) is 0 Å². The Morgan fingerprint density at radius 3 is 2.78 bits per heavy atom. The number of benzene rings is 1. The van der Waals surface area contributed by atoms with Crippen molar-refractivity contribution in [3.05, 3.63) is 52.8 Å². The Balaban J connectivity index is 1.64. The fraction of sp³-hybridized carbons (Fsp3) is 0.0625. The van der Waals surface area contributed by atoms with Gasteiger partial charge in [0, 0.05) is 17.0 Å². The lowest BCUT2D eigenvalue weighted by Crippen LogP contribution is -2.21. The second kappa shape index (κ2) is 5.06. The lowest BCUT2D eigenvalue weighted by molar-refractivity contribution is -0.115. The van der Waals surface area contributed by atoms with Crippen LogP contribution >= 0.6 is 12.2 Å². The number of rotatable bonds is 2. The van der Waals surface area contributed by atoms with Crippen molar-refractivity contribution in [1.29, 1.82) is 0 Å². The highest BCUT2D eigenvalue weighted by molar-refractivity contribution is 7.80. The molecular formula is C16H11N3O3S. The number of thiocarbonyl (C=S) groups is 1. The third-order valence-electron chi connectivity index (χ3n) is 3.72. The van der Waals surface area contributed by atoms with Gasteiger partial charge in [0.25, 0.3) is 5.91 Å². The van der Waals surface area contributed by atoms with Crippen LogP contribution in [0.1, 0.15) is 21.6 Å². The summed E-state index contributed by atoms with van der Waals surface area (Å²) in [5.41, 5.74) is 4.50. The van der Waals surface area contributed by atoms with E-state index in [2.05, 4.69) is 15.6 Å². The Morgan fingerprint density at radius 2 is 2.00 bits per heavy atom. The molecule has 1 aromatic heterocycles. The summed E-state index contributed by atoms with van der Waals surface area (Å²) in [6.07, 6.45) is 1.69. The number of ether oxygens (including phenoxy) is 1. The molecule has 0 bridgehead atoms. The monoisotopic (exact) mass is 325 g/mol. The van der Waals surface area contributed by atoms with Crippen LogP contribution in [0.3, 0.4) is 0 Å². The molecule has 4 rings (SSSR count). The largest absolute Gasteiger partial charge is 0.457 e. The molecule has 2 aliphatic rings. The number of H-pyrrole nitrogens is 1. The SMILES string of the molecule is O=C1NC(=S)N/C1=C/c1ccc(-c2ccc3c(c2)COC3=O)[nH]1. The molecule has 6 nitrogen and oxygen atoms in total. The van der Waals surface area contributed by atoms with E-state index in [1.807, 2.05) is 24.3 Å². The predicted octanol–water partition coefficient (Wildman–Crippen LogP) is 1.70. The fourth-order valence-electron chi connectivity index (χ4n) is 2.60. The van der Waals surface area contributed by atoms with Gasteiger partial charge in [0.2, 0.25) is 0 Å². The quantitative estimate of drug-likeness (QED) is 0.445. The topological polar surface area (TPSA) is 83.2 Å². The average Bonchev–Trinajstić information content (AvgIpc) is 3.21. The number of aromatic amines is 1. The van der Waals surface area contributed by atoms with Gasteiger partial charge >= 0.3 is 5.97 Å². The smallest absolute Gasteiger partial charge is 0.338 e. The molecule has 1 aromatic carbocycles. The molecule has 7 heteroatoms. The highest BCUT2D eigenvalue weighted by atomic mass is 32.1. The third kappa shape index (κ3) is 2.40. The number of carbonyl (C=O) groups is 2. The van der Waals surface area contributed by atoms with Crippen molar-refractivity contribution in [2.24, 2.45) is 0 Å². The number of fused-ring (bicyclic) bond motifs is 1. The summed E-state index contributed by atoms with van der Waals surface area (Å²) in [7, 11) is 0. The summed E-state index contributed by atoms with van der Waals surface area (Å²) >= 11 is 4.89. The Morgan fingerprint density at radius 1 is 1.13 bits per heavy atom. The first-order valence-electron chi connectivity index (χ1n) is 6.93. The van der Waals surface area contributed by atoms with Crippen LogP contribution in [0.25, 0.3) is 17.3 Å². The molecule has 1 saturated heterocycles. The van der Waals surface area contributed by atoms with Gasteiger partial charge in [0.15, 0.2) is 5.11 Å². The molecule has 2 aliphatic heterocycles. The van der Waals surface area contributed by atoms with E-state index < -0.39 is 0 Å². The minimum atomic E-state index is -0.280. The van der Waals surface area contributed by atoms with Gasteiger partial charge in [-0.3, -0.25) is 10.1 Å². The lowest BCUT2D eigenvalue weighted by Gasteiger charge is -2.00. The molecule has 2 aromatic rings. The standard InChI is InChI=1S/C16H11N3O3S/c20-14-13(18-16(23)19-14)6-10-2-4-12(17-10)8-1-3-11-9(5-8)7-22-15(11)21/h1-6,17H,7H2,(H2,18,19,20,23)/b13-6+. The lowest BCUT2D eigenvalue weighted by atomic mass is 10.0. The summed E-state index contributed by atoms with van der Waals surface area (Å²) in [6, 6.07) is 9.34. The van der Waals surface area contributed by atoms with Gasteiger partial charge in [-0.25, -0.2) is 4.79 Å². The molecule has 3 heterocycles. The molecule has 0 radical (unpaired) electrons. The Kier molecular flexibility index (Phi) is 3.02. The zero-order chi connectivity index (χ0) is 16.0. The van der Waals surface area contributed by atoms with E-state index in [0.717, 1.165) is 22.5 Å². The van der Waals surface area contributed by atoms with Crippen LogP contribution in [0.4, 0.5) is 0 Å². The first-order chi connectivity index (χ1) is 11.1. The van der Waals surface area contributed by atoms with Crippen molar-refractivity contribution in [3.8, 4) is 11.3 Å². The van der Waals surface area contributed by atoms with E-state index in [-0.39, 0.29) is 11.9 Å². The molecule has 0 atom stereocenters. The van der Waals surface area contributed by atoms with Crippen LogP contribution in [0.15, 0.2) is 36.0 Å². The molecule has 0 aliphatic carbocycles. The second-order valence-corrected chi connectivity index (χ2v) is 5.65. The van der Waals surface area contributed by atoms with E-state index in [0.29, 0.717) is 23.0 Å². The third-order valence-corrected chi connectivity index (χ3v) is 3.93. The van der Waals surface area contributed by atoms with Gasteiger partial charge in [-0.15, -0.1) is 0 Å². The molecule has 3 N–H and O–H groups in total. The number of hydrogen-bond donors (Lipinski definition) is 3. The maximum absolute atomic E-state index is 11.6. The number of aromatic nitrogens is 1. The van der Waals surface area contributed by atoms with Crippen LogP contribution in [-0.4, -0.2) is 22.0 Å². The van der Waals surface area contributed by atoms with Gasteiger partial charge < -0.3 is 15.0 Å². The Bertz CT molecular complexity index is 898.